The van der Waals surface area contributed by atoms with Crippen molar-refractivity contribution < 1.29 is 4.74 Å². The van der Waals surface area contributed by atoms with Gasteiger partial charge < -0.3 is 9.64 Å². The summed E-state index contributed by atoms with van der Waals surface area (Å²) in [5.74, 6) is 0.589. The minimum atomic E-state index is 0.589. The van der Waals surface area contributed by atoms with Gasteiger partial charge in [0, 0.05) is 31.5 Å². The highest BCUT2D eigenvalue weighted by Crippen LogP contribution is 2.25. The molecule has 1 fully saturated rings. The van der Waals surface area contributed by atoms with Crippen LogP contribution in [0.3, 0.4) is 0 Å². The summed E-state index contributed by atoms with van der Waals surface area (Å²) >= 11 is 1.44. The Bertz CT molecular complexity index is 265. The van der Waals surface area contributed by atoms with Gasteiger partial charge >= 0.3 is 0 Å². The van der Waals surface area contributed by atoms with Crippen LogP contribution in [0.4, 0.5) is 0 Å². The van der Waals surface area contributed by atoms with E-state index in [1.807, 2.05) is 0 Å². The van der Waals surface area contributed by atoms with Gasteiger partial charge in [0.2, 0.25) is 0 Å². The number of aromatic nitrogens is 2. The molecule has 14 heavy (non-hydrogen) atoms. The number of ether oxygens (including phenoxy) is 1. The lowest BCUT2D eigenvalue weighted by molar-refractivity contribution is 0.160. The fourth-order valence-corrected chi connectivity index (χ4v) is 2.38. The van der Waals surface area contributed by atoms with Crippen molar-refractivity contribution in [2.75, 3.05) is 33.4 Å². The molecule has 0 unspecified atom stereocenters. The summed E-state index contributed by atoms with van der Waals surface area (Å²) < 4.78 is 8.96. The van der Waals surface area contributed by atoms with E-state index < -0.39 is 0 Å². The van der Waals surface area contributed by atoms with Crippen molar-refractivity contribution >= 4 is 11.5 Å². The molecule has 0 saturated carbocycles. The van der Waals surface area contributed by atoms with Crippen molar-refractivity contribution in [3.8, 4) is 0 Å². The molecule has 1 saturated heterocycles. The summed E-state index contributed by atoms with van der Waals surface area (Å²) in [6.07, 6.45) is 1.20. The zero-order valence-electron chi connectivity index (χ0n) is 8.35. The maximum atomic E-state index is 5.06. The molecule has 1 aliphatic heterocycles. The zero-order valence-corrected chi connectivity index (χ0v) is 9.16. The lowest BCUT2D eigenvalue weighted by Crippen LogP contribution is -2.24. The van der Waals surface area contributed by atoms with Crippen LogP contribution in [0.25, 0.3) is 0 Å². The molecule has 0 aromatic carbocycles. The van der Waals surface area contributed by atoms with Gasteiger partial charge in [-0.15, -0.1) is 5.10 Å². The lowest BCUT2D eigenvalue weighted by Gasteiger charge is -2.14. The maximum Gasteiger partial charge on any atom is 0.0799 e. The molecule has 78 valence electrons. The van der Waals surface area contributed by atoms with E-state index >= 15 is 0 Å². The number of methoxy groups -OCH3 is 1. The Morgan fingerprint density at radius 2 is 2.64 bits per heavy atom. The Morgan fingerprint density at radius 1 is 1.71 bits per heavy atom. The van der Waals surface area contributed by atoms with Crippen LogP contribution in [-0.2, 0) is 4.74 Å². The van der Waals surface area contributed by atoms with Gasteiger partial charge in [-0.1, -0.05) is 4.49 Å². The molecule has 2 rings (SSSR count). The van der Waals surface area contributed by atoms with Crippen LogP contribution < -0.4 is 0 Å². The van der Waals surface area contributed by atoms with E-state index in [0.717, 1.165) is 31.9 Å². The van der Waals surface area contributed by atoms with E-state index in [1.54, 1.807) is 7.11 Å². The first-order chi connectivity index (χ1) is 6.90. The maximum absolute atomic E-state index is 5.06. The first-order valence-electron chi connectivity index (χ1n) is 4.88. The standard InChI is InChI=1S/C9H15N3OS/c1-13-5-4-12-3-2-8(6-12)9-7-14-11-10-9/h7-8H,2-6H2,1H3/t8-/m0/s1. The van der Waals surface area contributed by atoms with Crippen LogP contribution in [0, 0.1) is 0 Å². The molecule has 0 radical (unpaired) electrons. The molecule has 0 bridgehead atoms. The van der Waals surface area contributed by atoms with Gasteiger partial charge in [0.25, 0.3) is 0 Å². The molecule has 4 nitrogen and oxygen atoms in total. The van der Waals surface area contributed by atoms with Crippen LogP contribution in [-0.4, -0.2) is 47.8 Å². The molecule has 2 heterocycles. The van der Waals surface area contributed by atoms with Crippen molar-refractivity contribution in [3.05, 3.63) is 11.1 Å². The Balaban J connectivity index is 1.83. The average Bonchev–Trinajstić information content (AvgIpc) is 2.85. The Morgan fingerprint density at radius 3 is 3.36 bits per heavy atom. The van der Waals surface area contributed by atoms with Gasteiger partial charge in [-0.25, -0.2) is 0 Å². The van der Waals surface area contributed by atoms with E-state index in [2.05, 4.69) is 19.9 Å². The fourth-order valence-electron chi connectivity index (χ4n) is 1.85. The van der Waals surface area contributed by atoms with Crippen LogP contribution in [0.15, 0.2) is 5.38 Å². The van der Waals surface area contributed by atoms with Crippen molar-refractivity contribution in [3.63, 3.8) is 0 Å². The van der Waals surface area contributed by atoms with Gasteiger partial charge in [-0.2, -0.15) is 0 Å². The average molecular weight is 213 g/mol. The van der Waals surface area contributed by atoms with Crippen LogP contribution in [0.2, 0.25) is 0 Å². The van der Waals surface area contributed by atoms with E-state index in [1.165, 1.54) is 18.0 Å². The first-order valence-corrected chi connectivity index (χ1v) is 5.72. The molecular weight excluding hydrogens is 198 g/mol. The number of hydrogen-bond donors (Lipinski definition) is 0. The SMILES string of the molecule is COCCN1CC[C@H](c2csnn2)C1. The van der Waals surface area contributed by atoms with E-state index in [9.17, 15) is 0 Å². The third kappa shape index (κ3) is 2.29. The van der Waals surface area contributed by atoms with Crippen LogP contribution in [0.5, 0.6) is 0 Å². The third-order valence-electron chi connectivity index (χ3n) is 2.68. The van der Waals surface area contributed by atoms with Crippen molar-refractivity contribution in [2.24, 2.45) is 0 Å². The summed E-state index contributed by atoms with van der Waals surface area (Å²) in [5.41, 5.74) is 1.16. The largest absolute Gasteiger partial charge is 0.383 e. The lowest BCUT2D eigenvalue weighted by atomic mass is 10.1. The molecule has 1 aliphatic rings. The normalized spacial score (nSPS) is 23.1. The molecular formula is C9H15N3OS. The molecule has 1 aromatic rings. The smallest absolute Gasteiger partial charge is 0.0799 e. The second-order valence-corrected chi connectivity index (χ2v) is 4.22. The Labute approximate surface area is 88.0 Å². The molecule has 0 N–H and O–H groups in total. The molecule has 5 heteroatoms. The summed E-state index contributed by atoms with van der Waals surface area (Å²) in [6.45, 7) is 4.12. The second-order valence-electron chi connectivity index (χ2n) is 3.61. The molecule has 1 aromatic heterocycles. The zero-order chi connectivity index (χ0) is 9.80. The topological polar surface area (TPSA) is 38.2 Å². The molecule has 0 spiro atoms. The fraction of sp³-hybridized carbons (Fsp3) is 0.778. The Hall–Kier alpha value is -0.520. The molecule has 1 atom stereocenters. The number of hydrogen-bond acceptors (Lipinski definition) is 5. The number of likely N-dealkylation sites (tertiary alicyclic amines) is 1. The van der Waals surface area contributed by atoms with Crippen molar-refractivity contribution in [1.82, 2.24) is 14.5 Å². The van der Waals surface area contributed by atoms with Gasteiger partial charge in [0.1, 0.15) is 0 Å². The van der Waals surface area contributed by atoms with Gasteiger partial charge in [0.15, 0.2) is 0 Å². The highest BCUT2D eigenvalue weighted by Gasteiger charge is 2.24. The molecule has 0 aliphatic carbocycles. The first kappa shape index (κ1) is 10.0. The summed E-state index contributed by atoms with van der Waals surface area (Å²) in [4.78, 5) is 2.42. The van der Waals surface area contributed by atoms with Crippen molar-refractivity contribution in [1.29, 1.82) is 0 Å². The predicted molar refractivity (Wildman–Crippen MR) is 55.6 cm³/mol. The minimum absolute atomic E-state index is 0.589. The highest BCUT2D eigenvalue weighted by molar-refractivity contribution is 7.03. The van der Waals surface area contributed by atoms with Gasteiger partial charge in [0.05, 0.1) is 12.3 Å². The molecule has 0 amide bonds. The monoisotopic (exact) mass is 213 g/mol. The van der Waals surface area contributed by atoms with Gasteiger partial charge in [-0.3, -0.25) is 0 Å². The Kier molecular flexibility index (Phi) is 3.44. The third-order valence-corrected chi connectivity index (χ3v) is 3.20. The predicted octanol–water partition coefficient (Wildman–Crippen LogP) is 0.974. The van der Waals surface area contributed by atoms with Crippen LogP contribution >= 0.6 is 11.5 Å². The summed E-state index contributed by atoms with van der Waals surface area (Å²) in [7, 11) is 1.75. The number of rotatable bonds is 4. The summed E-state index contributed by atoms with van der Waals surface area (Å²) in [6, 6.07) is 0. The van der Waals surface area contributed by atoms with Gasteiger partial charge in [-0.05, 0) is 24.5 Å². The number of nitrogens with zero attached hydrogens (tertiary/aromatic N) is 3. The highest BCUT2D eigenvalue weighted by atomic mass is 32.1. The van der Waals surface area contributed by atoms with E-state index in [-0.39, 0.29) is 0 Å². The second kappa shape index (κ2) is 4.82. The summed E-state index contributed by atoms with van der Waals surface area (Å²) in [5, 5.41) is 6.18. The van der Waals surface area contributed by atoms with E-state index in [4.69, 9.17) is 4.74 Å². The quantitative estimate of drug-likeness (QED) is 0.747. The van der Waals surface area contributed by atoms with E-state index in [0.29, 0.717) is 5.92 Å². The van der Waals surface area contributed by atoms with Crippen molar-refractivity contribution in [2.45, 2.75) is 12.3 Å². The van der Waals surface area contributed by atoms with Crippen LogP contribution in [0.1, 0.15) is 18.0 Å². The minimum Gasteiger partial charge on any atom is -0.383 e.